The molecule has 1 aromatic heterocycles. The number of aliphatic imine (C=N–C) groups is 1. The van der Waals surface area contributed by atoms with Crippen molar-refractivity contribution in [3.05, 3.63) is 18.0 Å². The lowest BCUT2D eigenvalue weighted by Crippen LogP contribution is -2.40. The predicted molar refractivity (Wildman–Crippen MR) is 111 cm³/mol. The fourth-order valence-corrected chi connectivity index (χ4v) is 2.89. The normalized spacial score (nSPS) is 16.7. The van der Waals surface area contributed by atoms with Gasteiger partial charge in [0.15, 0.2) is 5.96 Å². The second-order valence-electron chi connectivity index (χ2n) is 6.58. The van der Waals surface area contributed by atoms with Crippen LogP contribution in [0.2, 0.25) is 0 Å². The maximum atomic E-state index is 4.28. The molecule has 24 heavy (non-hydrogen) atoms. The molecule has 1 aliphatic heterocycles. The van der Waals surface area contributed by atoms with Crippen LogP contribution in [0.25, 0.3) is 0 Å². The summed E-state index contributed by atoms with van der Waals surface area (Å²) in [7, 11) is 1.82. The summed E-state index contributed by atoms with van der Waals surface area (Å²) in [4.78, 5) is 6.85. The molecule has 0 saturated carbocycles. The Morgan fingerprint density at radius 2 is 1.96 bits per heavy atom. The lowest BCUT2D eigenvalue weighted by Gasteiger charge is -2.30. The first kappa shape index (κ1) is 21.2. The van der Waals surface area contributed by atoms with Gasteiger partial charge in [-0.05, 0) is 57.3 Å². The summed E-state index contributed by atoms with van der Waals surface area (Å²) in [5.74, 6) is 1.78. The van der Waals surface area contributed by atoms with E-state index < -0.39 is 0 Å². The van der Waals surface area contributed by atoms with Gasteiger partial charge in [0.2, 0.25) is 0 Å². The molecule has 0 amide bonds. The highest BCUT2D eigenvalue weighted by atomic mass is 127. The number of nitrogens with zero attached hydrogens (tertiary/aromatic N) is 4. The van der Waals surface area contributed by atoms with Crippen LogP contribution in [0.5, 0.6) is 0 Å². The number of aromatic nitrogens is 2. The van der Waals surface area contributed by atoms with Crippen LogP contribution in [0.3, 0.4) is 0 Å². The maximum absolute atomic E-state index is 4.28. The van der Waals surface area contributed by atoms with Crippen molar-refractivity contribution in [1.82, 2.24) is 25.3 Å². The molecule has 2 N–H and O–H groups in total. The van der Waals surface area contributed by atoms with Gasteiger partial charge in [-0.25, -0.2) is 0 Å². The second kappa shape index (κ2) is 11.7. The van der Waals surface area contributed by atoms with E-state index in [1.54, 1.807) is 0 Å². The Bertz CT molecular complexity index is 479. The predicted octanol–water partition coefficient (Wildman–Crippen LogP) is 2.10. The Kier molecular flexibility index (Phi) is 10.3. The maximum Gasteiger partial charge on any atom is 0.191 e. The Balaban J connectivity index is 0.00000288. The molecular formula is C17H33IN6. The summed E-state index contributed by atoms with van der Waals surface area (Å²) in [5, 5.41) is 11.0. The molecule has 0 aromatic carbocycles. The Morgan fingerprint density at radius 3 is 2.58 bits per heavy atom. The van der Waals surface area contributed by atoms with E-state index in [9.17, 15) is 0 Å². The third-order valence-corrected chi connectivity index (χ3v) is 4.44. The number of aryl methyl sites for hydroxylation is 1. The monoisotopic (exact) mass is 448 g/mol. The zero-order chi connectivity index (χ0) is 16.5. The summed E-state index contributed by atoms with van der Waals surface area (Å²) in [6.45, 7) is 10.8. The molecule has 1 saturated heterocycles. The zero-order valence-electron chi connectivity index (χ0n) is 15.3. The first-order valence-electron chi connectivity index (χ1n) is 8.83. The molecule has 2 rings (SSSR count). The first-order valence-corrected chi connectivity index (χ1v) is 8.83. The van der Waals surface area contributed by atoms with Crippen molar-refractivity contribution in [3.63, 3.8) is 0 Å². The quantitative estimate of drug-likeness (QED) is 0.290. The molecule has 1 aromatic rings. The Labute approximate surface area is 163 Å². The molecule has 1 fully saturated rings. The van der Waals surface area contributed by atoms with E-state index in [1.807, 2.05) is 17.9 Å². The Morgan fingerprint density at radius 1 is 1.25 bits per heavy atom. The van der Waals surface area contributed by atoms with Gasteiger partial charge in [-0.3, -0.25) is 9.67 Å². The molecule has 0 radical (unpaired) electrons. The van der Waals surface area contributed by atoms with Gasteiger partial charge < -0.3 is 15.5 Å². The lowest BCUT2D eigenvalue weighted by molar-refractivity contribution is 0.191. The van der Waals surface area contributed by atoms with E-state index in [-0.39, 0.29) is 24.0 Å². The van der Waals surface area contributed by atoms with Crippen LogP contribution in [0.4, 0.5) is 0 Å². The molecule has 2 heterocycles. The average molecular weight is 448 g/mol. The molecule has 0 unspecified atom stereocenters. The standard InChI is InChI=1S/C17H32N6.HI/c1-15-5-10-22(11-6-15)9-4-7-19-17(18-3)20-8-12-23-14-16(2)13-21-23;/h13-15H,4-12H2,1-3H3,(H2,18,19,20);1H. The van der Waals surface area contributed by atoms with Gasteiger partial charge in [0.05, 0.1) is 12.7 Å². The molecule has 0 aliphatic carbocycles. The van der Waals surface area contributed by atoms with Gasteiger partial charge >= 0.3 is 0 Å². The smallest absolute Gasteiger partial charge is 0.191 e. The molecule has 0 atom stereocenters. The van der Waals surface area contributed by atoms with Gasteiger partial charge in [-0.1, -0.05) is 6.92 Å². The number of halogens is 1. The summed E-state index contributed by atoms with van der Waals surface area (Å²) < 4.78 is 1.95. The number of likely N-dealkylation sites (tertiary alicyclic amines) is 1. The fraction of sp³-hybridized carbons (Fsp3) is 0.765. The number of nitrogens with one attached hydrogen (secondary N) is 2. The van der Waals surface area contributed by atoms with Crippen LogP contribution in [-0.4, -0.2) is 60.4 Å². The van der Waals surface area contributed by atoms with Crippen molar-refractivity contribution in [2.75, 3.05) is 39.8 Å². The third kappa shape index (κ3) is 7.83. The topological polar surface area (TPSA) is 57.5 Å². The number of rotatable bonds is 7. The van der Waals surface area contributed by atoms with E-state index in [1.165, 1.54) is 38.0 Å². The number of guanidine groups is 1. The van der Waals surface area contributed by atoms with Crippen molar-refractivity contribution in [2.24, 2.45) is 10.9 Å². The first-order chi connectivity index (χ1) is 11.2. The van der Waals surface area contributed by atoms with E-state index in [0.717, 1.165) is 37.9 Å². The molecule has 0 spiro atoms. The fourth-order valence-electron chi connectivity index (χ4n) is 2.89. The van der Waals surface area contributed by atoms with Gasteiger partial charge in [-0.15, -0.1) is 24.0 Å². The third-order valence-electron chi connectivity index (χ3n) is 4.44. The molecule has 0 bridgehead atoms. The molecule has 6 nitrogen and oxygen atoms in total. The summed E-state index contributed by atoms with van der Waals surface area (Å²) in [6, 6.07) is 0. The number of piperidine rings is 1. The van der Waals surface area contributed by atoms with Crippen LogP contribution >= 0.6 is 24.0 Å². The molecule has 1 aliphatic rings. The van der Waals surface area contributed by atoms with Gasteiger partial charge in [0.1, 0.15) is 0 Å². The van der Waals surface area contributed by atoms with Crippen LogP contribution in [0.15, 0.2) is 17.4 Å². The highest BCUT2D eigenvalue weighted by Crippen LogP contribution is 2.15. The van der Waals surface area contributed by atoms with Crippen molar-refractivity contribution in [3.8, 4) is 0 Å². The highest BCUT2D eigenvalue weighted by Gasteiger charge is 2.14. The molecule has 7 heteroatoms. The summed E-state index contributed by atoms with van der Waals surface area (Å²) >= 11 is 0. The van der Waals surface area contributed by atoms with E-state index >= 15 is 0 Å². The van der Waals surface area contributed by atoms with Crippen molar-refractivity contribution in [1.29, 1.82) is 0 Å². The highest BCUT2D eigenvalue weighted by molar-refractivity contribution is 14.0. The molecule has 138 valence electrons. The SMILES string of the molecule is CN=C(NCCCN1CCC(C)CC1)NCCn1cc(C)cn1.I. The van der Waals surface area contributed by atoms with Crippen LogP contribution in [-0.2, 0) is 6.54 Å². The average Bonchev–Trinajstić information content (AvgIpc) is 2.97. The minimum absolute atomic E-state index is 0. The largest absolute Gasteiger partial charge is 0.356 e. The van der Waals surface area contributed by atoms with Gasteiger partial charge in [0, 0.05) is 26.3 Å². The number of hydrogen-bond acceptors (Lipinski definition) is 3. The van der Waals surface area contributed by atoms with Crippen molar-refractivity contribution in [2.45, 2.75) is 39.7 Å². The van der Waals surface area contributed by atoms with E-state index in [2.05, 4.69) is 45.7 Å². The van der Waals surface area contributed by atoms with Crippen LogP contribution in [0, 0.1) is 12.8 Å². The number of hydrogen-bond donors (Lipinski definition) is 2. The minimum Gasteiger partial charge on any atom is -0.356 e. The minimum atomic E-state index is 0. The second-order valence-corrected chi connectivity index (χ2v) is 6.58. The van der Waals surface area contributed by atoms with Crippen molar-refractivity contribution < 1.29 is 0 Å². The Hall–Kier alpha value is -0.830. The van der Waals surface area contributed by atoms with Crippen LogP contribution < -0.4 is 10.6 Å². The zero-order valence-corrected chi connectivity index (χ0v) is 17.6. The van der Waals surface area contributed by atoms with E-state index in [4.69, 9.17) is 0 Å². The van der Waals surface area contributed by atoms with Crippen LogP contribution in [0.1, 0.15) is 31.7 Å². The summed E-state index contributed by atoms with van der Waals surface area (Å²) in [6.07, 6.45) is 7.80. The lowest BCUT2D eigenvalue weighted by atomic mass is 9.99. The van der Waals surface area contributed by atoms with Gasteiger partial charge in [-0.2, -0.15) is 5.10 Å². The van der Waals surface area contributed by atoms with Gasteiger partial charge in [0.25, 0.3) is 0 Å². The summed E-state index contributed by atoms with van der Waals surface area (Å²) in [5.41, 5.74) is 1.19. The van der Waals surface area contributed by atoms with Crippen molar-refractivity contribution >= 4 is 29.9 Å². The van der Waals surface area contributed by atoms with E-state index in [0.29, 0.717) is 0 Å². The molecular weight excluding hydrogens is 415 g/mol.